The van der Waals surface area contributed by atoms with E-state index in [1.54, 1.807) is 6.07 Å². The van der Waals surface area contributed by atoms with Gasteiger partial charge in [0.1, 0.15) is 11.5 Å². The van der Waals surface area contributed by atoms with Crippen LogP contribution in [0.2, 0.25) is 0 Å². The van der Waals surface area contributed by atoms with Crippen molar-refractivity contribution in [3.63, 3.8) is 0 Å². The van der Waals surface area contributed by atoms with Crippen LogP contribution >= 0.6 is 0 Å². The number of amides is 1. The number of rotatable bonds is 8. The number of carbonyl (C=O) groups is 1. The molecule has 1 saturated heterocycles. The van der Waals surface area contributed by atoms with E-state index in [0.29, 0.717) is 49.2 Å². The summed E-state index contributed by atoms with van der Waals surface area (Å²) in [6.07, 6.45) is 0. The van der Waals surface area contributed by atoms with Gasteiger partial charge in [-0.2, -0.15) is 0 Å². The van der Waals surface area contributed by atoms with E-state index in [1.165, 1.54) is 24.3 Å². The predicted octanol–water partition coefficient (Wildman–Crippen LogP) is 3.48. The van der Waals surface area contributed by atoms with Crippen molar-refractivity contribution in [1.82, 2.24) is 0 Å². The van der Waals surface area contributed by atoms with E-state index < -0.39 is 10.8 Å². The van der Waals surface area contributed by atoms with Crippen molar-refractivity contribution in [2.45, 2.75) is 13.8 Å². The van der Waals surface area contributed by atoms with Gasteiger partial charge in [0.15, 0.2) is 0 Å². The van der Waals surface area contributed by atoms with E-state index in [-0.39, 0.29) is 5.69 Å². The van der Waals surface area contributed by atoms with Gasteiger partial charge in [-0.1, -0.05) is 0 Å². The number of hydrogen-bond acceptors (Lipinski definition) is 7. The maximum Gasteiger partial charge on any atom is 0.269 e. The summed E-state index contributed by atoms with van der Waals surface area (Å²) < 4.78 is 17.0. The zero-order chi connectivity index (χ0) is 21.5. The third kappa shape index (κ3) is 4.98. The Hall–Kier alpha value is -3.33. The van der Waals surface area contributed by atoms with E-state index in [2.05, 4.69) is 10.2 Å². The average molecular weight is 415 g/mol. The fourth-order valence-electron chi connectivity index (χ4n) is 3.17. The molecule has 2 aromatic rings. The fourth-order valence-corrected chi connectivity index (χ4v) is 3.17. The summed E-state index contributed by atoms with van der Waals surface area (Å²) in [5, 5.41) is 13.6. The molecule has 1 N–H and O–H groups in total. The van der Waals surface area contributed by atoms with Crippen molar-refractivity contribution in [3.8, 4) is 11.5 Å². The second-order valence-corrected chi connectivity index (χ2v) is 6.54. The second kappa shape index (κ2) is 9.93. The number of nitro groups is 1. The third-order valence-electron chi connectivity index (χ3n) is 4.60. The van der Waals surface area contributed by atoms with Crippen LogP contribution in [0, 0.1) is 10.1 Å². The van der Waals surface area contributed by atoms with Gasteiger partial charge in [-0.05, 0) is 26.0 Å². The zero-order valence-electron chi connectivity index (χ0n) is 17.1. The normalized spacial score (nSPS) is 13.6. The number of nitrogens with one attached hydrogen (secondary N) is 1. The highest BCUT2D eigenvalue weighted by Gasteiger charge is 2.21. The lowest BCUT2D eigenvalue weighted by atomic mass is 10.1. The number of hydrogen-bond donors (Lipinski definition) is 1. The van der Waals surface area contributed by atoms with Gasteiger partial charge in [0.25, 0.3) is 11.6 Å². The summed E-state index contributed by atoms with van der Waals surface area (Å²) in [4.78, 5) is 25.2. The van der Waals surface area contributed by atoms with Gasteiger partial charge in [0.05, 0.1) is 42.7 Å². The highest BCUT2D eigenvalue weighted by molar-refractivity contribution is 6.05. The van der Waals surface area contributed by atoms with Gasteiger partial charge in [0.2, 0.25) is 0 Å². The van der Waals surface area contributed by atoms with Crippen LogP contribution in [0.3, 0.4) is 0 Å². The van der Waals surface area contributed by atoms with Crippen LogP contribution < -0.4 is 19.7 Å². The molecule has 1 amide bonds. The van der Waals surface area contributed by atoms with Crippen LogP contribution in [0.4, 0.5) is 17.1 Å². The first kappa shape index (κ1) is 21.4. The van der Waals surface area contributed by atoms with Gasteiger partial charge < -0.3 is 24.4 Å². The minimum Gasteiger partial charge on any atom is -0.492 e. The average Bonchev–Trinajstić information content (AvgIpc) is 2.76. The molecule has 1 aliphatic rings. The summed E-state index contributed by atoms with van der Waals surface area (Å²) in [6, 6.07) is 9.05. The predicted molar refractivity (Wildman–Crippen MR) is 113 cm³/mol. The molecule has 0 aromatic heterocycles. The van der Waals surface area contributed by atoms with E-state index in [0.717, 1.165) is 18.8 Å². The molecule has 0 spiro atoms. The lowest BCUT2D eigenvalue weighted by molar-refractivity contribution is -0.384. The molecule has 3 rings (SSSR count). The van der Waals surface area contributed by atoms with Crippen LogP contribution in [0.25, 0.3) is 0 Å². The van der Waals surface area contributed by atoms with E-state index in [4.69, 9.17) is 14.2 Å². The van der Waals surface area contributed by atoms with Gasteiger partial charge in [0, 0.05) is 42.9 Å². The first-order valence-electron chi connectivity index (χ1n) is 9.85. The number of non-ortho nitro benzene ring substituents is 1. The Balaban J connectivity index is 1.90. The van der Waals surface area contributed by atoms with E-state index in [1.807, 2.05) is 19.9 Å². The minimum atomic E-state index is -0.506. The fraction of sp³-hybridized carbons (Fsp3) is 0.381. The molecule has 1 heterocycles. The van der Waals surface area contributed by atoms with Crippen molar-refractivity contribution >= 4 is 23.0 Å². The SMILES string of the molecule is CCOc1cc(N2CCOCC2)c(OCC)cc1NC(=O)c1ccc([N+](=O)[O-])cc1. The maximum atomic E-state index is 12.7. The van der Waals surface area contributed by atoms with E-state index in [9.17, 15) is 14.9 Å². The number of nitrogens with zero attached hydrogens (tertiary/aromatic N) is 2. The number of morpholine rings is 1. The quantitative estimate of drug-likeness (QED) is 0.520. The summed E-state index contributed by atoms with van der Waals surface area (Å²) >= 11 is 0. The van der Waals surface area contributed by atoms with Crippen LogP contribution in [-0.2, 0) is 4.74 Å². The largest absolute Gasteiger partial charge is 0.492 e. The monoisotopic (exact) mass is 415 g/mol. The second-order valence-electron chi connectivity index (χ2n) is 6.54. The molecular formula is C21H25N3O6. The molecule has 9 nitrogen and oxygen atoms in total. The van der Waals surface area contributed by atoms with Crippen LogP contribution in [-0.4, -0.2) is 50.3 Å². The minimum absolute atomic E-state index is 0.0740. The Kier molecular flexibility index (Phi) is 7.08. The first-order valence-corrected chi connectivity index (χ1v) is 9.85. The Morgan fingerprint density at radius 2 is 1.73 bits per heavy atom. The standard InChI is InChI=1S/C21H25N3O6/c1-3-29-19-14-18(23-9-11-28-12-10-23)20(30-4-2)13-17(19)22-21(25)15-5-7-16(8-6-15)24(26)27/h5-8,13-14H,3-4,9-12H2,1-2H3,(H,22,25). The molecule has 2 aromatic carbocycles. The molecule has 0 bridgehead atoms. The third-order valence-corrected chi connectivity index (χ3v) is 4.60. The Morgan fingerprint density at radius 1 is 1.10 bits per heavy atom. The molecule has 0 aliphatic carbocycles. The molecule has 0 radical (unpaired) electrons. The molecule has 0 atom stereocenters. The molecule has 0 unspecified atom stereocenters. The van der Waals surface area contributed by atoms with Crippen LogP contribution in [0.1, 0.15) is 24.2 Å². The number of anilines is 2. The number of carbonyl (C=O) groups excluding carboxylic acids is 1. The zero-order valence-corrected chi connectivity index (χ0v) is 17.1. The highest BCUT2D eigenvalue weighted by atomic mass is 16.6. The lowest BCUT2D eigenvalue weighted by Crippen LogP contribution is -2.36. The topological polar surface area (TPSA) is 103 Å². The molecule has 1 aliphatic heterocycles. The summed E-state index contributed by atoms with van der Waals surface area (Å²) in [5.74, 6) is 0.770. The number of nitro benzene ring substituents is 1. The number of benzene rings is 2. The molecule has 160 valence electrons. The lowest BCUT2D eigenvalue weighted by Gasteiger charge is -2.31. The Labute approximate surface area is 174 Å². The molecular weight excluding hydrogens is 390 g/mol. The van der Waals surface area contributed by atoms with Gasteiger partial charge in [-0.25, -0.2) is 0 Å². The van der Waals surface area contributed by atoms with Crippen LogP contribution in [0.15, 0.2) is 36.4 Å². The Bertz CT molecular complexity index is 894. The molecule has 1 fully saturated rings. The van der Waals surface area contributed by atoms with E-state index >= 15 is 0 Å². The maximum absolute atomic E-state index is 12.7. The summed E-state index contributed by atoms with van der Waals surface area (Å²) in [6.45, 7) is 7.40. The van der Waals surface area contributed by atoms with Crippen LogP contribution in [0.5, 0.6) is 11.5 Å². The van der Waals surface area contributed by atoms with Crippen molar-refractivity contribution in [1.29, 1.82) is 0 Å². The summed E-state index contributed by atoms with van der Waals surface area (Å²) in [7, 11) is 0. The smallest absolute Gasteiger partial charge is 0.269 e. The first-order chi connectivity index (χ1) is 14.5. The molecule has 0 saturated carbocycles. The molecule has 9 heteroatoms. The van der Waals surface area contributed by atoms with Gasteiger partial charge >= 0.3 is 0 Å². The van der Waals surface area contributed by atoms with Crippen molar-refractivity contribution < 1.29 is 23.9 Å². The Morgan fingerprint density at radius 3 is 2.33 bits per heavy atom. The molecule has 30 heavy (non-hydrogen) atoms. The van der Waals surface area contributed by atoms with Crippen molar-refractivity contribution in [2.24, 2.45) is 0 Å². The number of ether oxygens (including phenoxy) is 3. The van der Waals surface area contributed by atoms with Crippen molar-refractivity contribution in [3.05, 3.63) is 52.1 Å². The summed E-state index contributed by atoms with van der Waals surface area (Å²) in [5.41, 5.74) is 1.59. The highest BCUT2D eigenvalue weighted by Crippen LogP contribution is 2.39. The van der Waals surface area contributed by atoms with Gasteiger partial charge in [-0.15, -0.1) is 0 Å². The van der Waals surface area contributed by atoms with Gasteiger partial charge in [-0.3, -0.25) is 14.9 Å². The van der Waals surface area contributed by atoms with Crippen molar-refractivity contribution in [2.75, 3.05) is 49.7 Å².